The number of nitrogens with one attached hydrogen (secondary N) is 1. The average Bonchev–Trinajstić information content (AvgIpc) is 3.25. The number of amides is 1. The molecule has 0 aliphatic carbocycles. The number of carbonyl (C=O) groups excluding carboxylic acids is 1. The van der Waals surface area contributed by atoms with Gasteiger partial charge in [-0.1, -0.05) is 36.4 Å². The van der Waals surface area contributed by atoms with Crippen LogP contribution in [0.1, 0.15) is 41.5 Å². The van der Waals surface area contributed by atoms with E-state index in [1.807, 2.05) is 43.3 Å². The van der Waals surface area contributed by atoms with Gasteiger partial charge in [0, 0.05) is 18.0 Å². The Morgan fingerprint density at radius 3 is 2.35 bits per heavy atom. The van der Waals surface area contributed by atoms with Gasteiger partial charge in [-0.3, -0.25) is 9.78 Å². The number of hydrogen-bond donors (Lipinski definition) is 1. The Bertz CT molecular complexity index is 1170. The molecule has 2 aromatic carbocycles. The van der Waals surface area contributed by atoms with Crippen molar-refractivity contribution in [2.45, 2.75) is 26.3 Å². The lowest BCUT2D eigenvalue weighted by molar-refractivity contribution is 0.0935. The standard InChI is InChI=1S/C24H22FN5O/c1-3-17-4-10-21(11-5-17)30-23(19-12-14-26-15-13-19)22(28-29-30)24(31)27-16(2)18-6-8-20(25)9-7-18/h4-16H,3H2,1-2H3,(H,27,31). The molecule has 156 valence electrons. The number of aromatic nitrogens is 4. The number of nitrogens with zero attached hydrogens (tertiary/aromatic N) is 4. The fourth-order valence-corrected chi connectivity index (χ4v) is 3.36. The number of hydrogen-bond acceptors (Lipinski definition) is 4. The summed E-state index contributed by atoms with van der Waals surface area (Å²) in [7, 11) is 0. The fourth-order valence-electron chi connectivity index (χ4n) is 3.36. The Morgan fingerprint density at radius 2 is 1.71 bits per heavy atom. The first-order chi connectivity index (χ1) is 15.1. The molecule has 2 aromatic heterocycles. The molecule has 4 rings (SSSR count). The summed E-state index contributed by atoms with van der Waals surface area (Å²) < 4.78 is 14.9. The molecule has 31 heavy (non-hydrogen) atoms. The first-order valence-electron chi connectivity index (χ1n) is 10.1. The maximum Gasteiger partial charge on any atom is 0.274 e. The number of carbonyl (C=O) groups is 1. The van der Waals surface area contributed by atoms with Gasteiger partial charge >= 0.3 is 0 Å². The Morgan fingerprint density at radius 1 is 1.03 bits per heavy atom. The van der Waals surface area contributed by atoms with E-state index >= 15 is 0 Å². The second kappa shape index (κ2) is 8.87. The maximum atomic E-state index is 13.2. The zero-order chi connectivity index (χ0) is 21.8. The van der Waals surface area contributed by atoms with E-state index in [9.17, 15) is 9.18 Å². The largest absolute Gasteiger partial charge is 0.344 e. The van der Waals surface area contributed by atoms with Gasteiger partial charge in [-0.25, -0.2) is 9.07 Å². The third kappa shape index (κ3) is 4.35. The molecule has 0 spiro atoms. The number of aryl methyl sites for hydroxylation is 1. The van der Waals surface area contributed by atoms with Gasteiger partial charge in [0.1, 0.15) is 11.5 Å². The van der Waals surface area contributed by atoms with Crippen molar-refractivity contribution >= 4 is 5.91 Å². The van der Waals surface area contributed by atoms with Crippen LogP contribution in [0.5, 0.6) is 0 Å². The van der Waals surface area contributed by atoms with Crippen LogP contribution in [0.4, 0.5) is 4.39 Å². The molecule has 7 heteroatoms. The molecule has 0 saturated carbocycles. The van der Waals surface area contributed by atoms with E-state index in [-0.39, 0.29) is 23.5 Å². The molecular weight excluding hydrogens is 393 g/mol. The normalized spacial score (nSPS) is 11.8. The van der Waals surface area contributed by atoms with Crippen LogP contribution in [0.2, 0.25) is 0 Å². The monoisotopic (exact) mass is 415 g/mol. The molecule has 0 bridgehead atoms. The molecule has 1 N–H and O–H groups in total. The minimum Gasteiger partial charge on any atom is -0.344 e. The highest BCUT2D eigenvalue weighted by atomic mass is 19.1. The molecule has 0 saturated heterocycles. The molecule has 0 aliphatic heterocycles. The number of benzene rings is 2. The average molecular weight is 415 g/mol. The summed E-state index contributed by atoms with van der Waals surface area (Å²) in [6.45, 7) is 3.93. The SMILES string of the molecule is CCc1ccc(-n2nnc(C(=O)NC(C)c3ccc(F)cc3)c2-c2ccncc2)cc1. The van der Waals surface area contributed by atoms with Gasteiger partial charge in [-0.2, -0.15) is 0 Å². The molecule has 0 radical (unpaired) electrons. The summed E-state index contributed by atoms with van der Waals surface area (Å²) in [5, 5.41) is 11.4. The van der Waals surface area contributed by atoms with E-state index in [4.69, 9.17) is 0 Å². The van der Waals surface area contributed by atoms with Crippen molar-refractivity contribution in [3.05, 3.63) is 95.7 Å². The lowest BCUT2D eigenvalue weighted by atomic mass is 10.1. The van der Waals surface area contributed by atoms with Gasteiger partial charge in [0.2, 0.25) is 0 Å². The molecule has 1 atom stereocenters. The number of halogens is 1. The van der Waals surface area contributed by atoms with Crippen molar-refractivity contribution in [1.82, 2.24) is 25.3 Å². The van der Waals surface area contributed by atoms with Crippen molar-refractivity contribution < 1.29 is 9.18 Å². The van der Waals surface area contributed by atoms with Crippen LogP contribution in [0, 0.1) is 5.82 Å². The van der Waals surface area contributed by atoms with Crippen LogP contribution in [0.25, 0.3) is 16.9 Å². The van der Waals surface area contributed by atoms with Crippen molar-refractivity contribution in [2.24, 2.45) is 0 Å². The van der Waals surface area contributed by atoms with Crippen molar-refractivity contribution in [3.8, 4) is 16.9 Å². The van der Waals surface area contributed by atoms with E-state index in [1.165, 1.54) is 17.7 Å². The first kappa shape index (κ1) is 20.4. The smallest absolute Gasteiger partial charge is 0.274 e. The molecule has 0 fully saturated rings. The van der Waals surface area contributed by atoms with Gasteiger partial charge in [0.25, 0.3) is 5.91 Å². The minimum absolute atomic E-state index is 0.208. The maximum absolute atomic E-state index is 13.2. The lowest BCUT2D eigenvalue weighted by Gasteiger charge is -2.14. The highest BCUT2D eigenvalue weighted by Gasteiger charge is 2.23. The predicted octanol–water partition coefficient (Wildman–Crippen LogP) is 4.52. The van der Waals surface area contributed by atoms with Crippen molar-refractivity contribution in [2.75, 3.05) is 0 Å². The molecule has 6 nitrogen and oxygen atoms in total. The lowest BCUT2D eigenvalue weighted by Crippen LogP contribution is -2.27. The molecular formula is C24H22FN5O. The third-order valence-electron chi connectivity index (χ3n) is 5.15. The van der Waals surface area contributed by atoms with Crippen molar-refractivity contribution in [1.29, 1.82) is 0 Å². The van der Waals surface area contributed by atoms with Crippen LogP contribution in [0.15, 0.2) is 73.1 Å². The summed E-state index contributed by atoms with van der Waals surface area (Å²) in [5.74, 6) is -0.681. The molecule has 2 heterocycles. The second-order valence-electron chi connectivity index (χ2n) is 7.20. The molecule has 1 amide bonds. The summed E-state index contributed by atoms with van der Waals surface area (Å²) >= 11 is 0. The van der Waals surface area contributed by atoms with Crippen LogP contribution in [0.3, 0.4) is 0 Å². The summed E-state index contributed by atoms with van der Waals surface area (Å²) in [4.78, 5) is 17.2. The van der Waals surface area contributed by atoms with Crippen LogP contribution >= 0.6 is 0 Å². The quantitative estimate of drug-likeness (QED) is 0.502. The number of pyridine rings is 1. The molecule has 4 aromatic rings. The topological polar surface area (TPSA) is 72.7 Å². The molecule has 0 aliphatic rings. The van der Waals surface area contributed by atoms with Gasteiger partial charge < -0.3 is 5.32 Å². The van der Waals surface area contributed by atoms with Crippen molar-refractivity contribution in [3.63, 3.8) is 0 Å². The molecule has 1 unspecified atom stereocenters. The zero-order valence-corrected chi connectivity index (χ0v) is 17.3. The summed E-state index contributed by atoms with van der Waals surface area (Å²) in [6, 6.07) is 17.3. The van der Waals surface area contributed by atoms with E-state index in [0.717, 1.165) is 23.2 Å². The highest BCUT2D eigenvalue weighted by molar-refractivity contribution is 5.98. The third-order valence-corrected chi connectivity index (χ3v) is 5.15. The Kier molecular flexibility index (Phi) is 5.84. The van der Waals surface area contributed by atoms with Crippen LogP contribution in [-0.4, -0.2) is 25.9 Å². The van der Waals surface area contributed by atoms with Crippen LogP contribution in [-0.2, 0) is 6.42 Å². The highest BCUT2D eigenvalue weighted by Crippen LogP contribution is 2.26. The Labute approximate surface area is 179 Å². The van der Waals surface area contributed by atoms with E-state index in [1.54, 1.807) is 29.2 Å². The Hall–Kier alpha value is -3.87. The fraction of sp³-hybridized carbons (Fsp3) is 0.167. The number of rotatable bonds is 6. The van der Waals surface area contributed by atoms with Gasteiger partial charge in [-0.05, 0) is 60.9 Å². The van der Waals surface area contributed by atoms with Gasteiger partial charge in [-0.15, -0.1) is 5.10 Å². The first-order valence-corrected chi connectivity index (χ1v) is 10.1. The van der Waals surface area contributed by atoms with Gasteiger partial charge in [0.05, 0.1) is 11.7 Å². The van der Waals surface area contributed by atoms with E-state index < -0.39 is 0 Å². The van der Waals surface area contributed by atoms with Gasteiger partial charge in [0.15, 0.2) is 5.69 Å². The zero-order valence-electron chi connectivity index (χ0n) is 17.3. The van der Waals surface area contributed by atoms with E-state index in [0.29, 0.717) is 5.69 Å². The Balaban J connectivity index is 1.70. The predicted molar refractivity (Wildman–Crippen MR) is 116 cm³/mol. The summed E-state index contributed by atoms with van der Waals surface area (Å²) in [5.41, 5.74) is 4.37. The minimum atomic E-state index is -0.361. The van der Waals surface area contributed by atoms with Crippen LogP contribution < -0.4 is 5.32 Å². The second-order valence-corrected chi connectivity index (χ2v) is 7.20. The summed E-state index contributed by atoms with van der Waals surface area (Å²) in [6.07, 6.45) is 4.26. The van der Waals surface area contributed by atoms with E-state index in [2.05, 4.69) is 27.5 Å².